The topological polar surface area (TPSA) is 82.2 Å². The molecule has 0 saturated carbocycles. The molecule has 5 heteroatoms. The van der Waals surface area contributed by atoms with Crippen molar-refractivity contribution in [1.82, 2.24) is 10.2 Å². The van der Waals surface area contributed by atoms with E-state index in [0.717, 1.165) is 6.21 Å². The first-order chi connectivity index (χ1) is 6.04. The Balaban J connectivity index is 4.73. The highest BCUT2D eigenvalue weighted by atomic mass is 16.2. The Labute approximate surface area is 78.1 Å². The van der Waals surface area contributed by atoms with Gasteiger partial charge in [-0.05, 0) is 6.92 Å². The van der Waals surface area contributed by atoms with Gasteiger partial charge in [0.1, 0.15) is 5.70 Å². The lowest BCUT2D eigenvalue weighted by atomic mass is 10.3. The second-order valence-electron chi connectivity index (χ2n) is 2.70. The number of allylic oxidation sites excluding steroid dienone is 1. The van der Waals surface area contributed by atoms with Gasteiger partial charge in [0.15, 0.2) is 0 Å². The van der Waals surface area contributed by atoms with Crippen LogP contribution in [0.1, 0.15) is 6.92 Å². The number of hydrogen-bond donors (Lipinski definition) is 3. The number of carbonyl (C=O) groups is 1. The van der Waals surface area contributed by atoms with E-state index < -0.39 is 0 Å². The van der Waals surface area contributed by atoms with E-state index in [2.05, 4.69) is 5.32 Å². The van der Waals surface area contributed by atoms with Crippen LogP contribution in [0.25, 0.3) is 0 Å². The summed E-state index contributed by atoms with van der Waals surface area (Å²) in [5, 5.41) is 9.86. The van der Waals surface area contributed by atoms with E-state index >= 15 is 0 Å². The predicted octanol–water partition coefficient (Wildman–Crippen LogP) is -0.496. The van der Waals surface area contributed by atoms with Crippen molar-refractivity contribution in [2.24, 2.45) is 5.73 Å². The Morgan fingerprint density at radius 1 is 1.62 bits per heavy atom. The summed E-state index contributed by atoms with van der Waals surface area (Å²) in [7, 11) is 3.23. The van der Waals surface area contributed by atoms with Gasteiger partial charge < -0.3 is 21.4 Å². The standard InChI is InChI=1S/C8H16N4O/c1-4-11-6(5-9)7(10)8(13)12(2)3/h5,9,11H,4,10H2,1-3H3/b7-6+,9-5?. The first-order valence-corrected chi connectivity index (χ1v) is 4.00. The minimum absolute atomic E-state index is 0.0712. The van der Waals surface area contributed by atoms with Crippen LogP contribution >= 0.6 is 0 Å². The highest BCUT2D eigenvalue weighted by Crippen LogP contribution is 1.95. The molecule has 0 unspecified atom stereocenters. The third kappa shape index (κ3) is 3.14. The van der Waals surface area contributed by atoms with Crippen LogP contribution < -0.4 is 11.1 Å². The molecule has 0 aromatic rings. The SMILES string of the molecule is CCN/C(C=N)=C(/N)C(=O)N(C)C. The van der Waals surface area contributed by atoms with Gasteiger partial charge in [-0.2, -0.15) is 0 Å². The fraction of sp³-hybridized carbons (Fsp3) is 0.500. The van der Waals surface area contributed by atoms with Gasteiger partial charge in [0, 0.05) is 26.9 Å². The molecule has 0 heterocycles. The Bertz CT molecular complexity index is 232. The average molecular weight is 184 g/mol. The summed E-state index contributed by atoms with van der Waals surface area (Å²) >= 11 is 0. The van der Waals surface area contributed by atoms with Gasteiger partial charge in [-0.15, -0.1) is 0 Å². The maximum atomic E-state index is 11.3. The Morgan fingerprint density at radius 2 is 2.15 bits per heavy atom. The zero-order valence-corrected chi connectivity index (χ0v) is 8.22. The van der Waals surface area contributed by atoms with E-state index in [1.54, 1.807) is 14.1 Å². The number of amides is 1. The second kappa shape index (κ2) is 5.18. The second-order valence-corrected chi connectivity index (χ2v) is 2.70. The average Bonchev–Trinajstić information content (AvgIpc) is 2.11. The van der Waals surface area contributed by atoms with Crippen molar-refractivity contribution in [3.05, 3.63) is 11.4 Å². The molecule has 0 aromatic heterocycles. The lowest BCUT2D eigenvalue weighted by Gasteiger charge is -2.13. The molecule has 0 bridgehead atoms. The fourth-order valence-electron chi connectivity index (χ4n) is 0.771. The molecule has 0 aliphatic carbocycles. The quantitative estimate of drug-likeness (QED) is 0.407. The largest absolute Gasteiger partial charge is 0.393 e. The Hall–Kier alpha value is -1.52. The number of nitrogens with zero attached hydrogens (tertiary/aromatic N) is 1. The molecule has 0 aliphatic heterocycles. The van der Waals surface area contributed by atoms with Gasteiger partial charge in [-0.1, -0.05) is 0 Å². The van der Waals surface area contributed by atoms with Gasteiger partial charge in [0.05, 0.1) is 5.70 Å². The Morgan fingerprint density at radius 3 is 2.46 bits per heavy atom. The van der Waals surface area contributed by atoms with Crippen LogP contribution in [0.5, 0.6) is 0 Å². The van der Waals surface area contributed by atoms with Crippen LogP contribution in [-0.4, -0.2) is 37.7 Å². The minimum Gasteiger partial charge on any atom is -0.393 e. The molecule has 0 rings (SSSR count). The highest BCUT2D eigenvalue weighted by molar-refractivity contribution is 5.97. The number of carbonyl (C=O) groups excluding carboxylic acids is 1. The van der Waals surface area contributed by atoms with Crippen molar-refractivity contribution in [1.29, 1.82) is 5.41 Å². The van der Waals surface area contributed by atoms with Gasteiger partial charge in [-0.25, -0.2) is 0 Å². The molecule has 0 aromatic carbocycles. The van der Waals surface area contributed by atoms with Crippen LogP contribution in [0, 0.1) is 5.41 Å². The van der Waals surface area contributed by atoms with Crippen LogP contribution in [0.3, 0.4) is 0 Å². The van der Waals surface area contributed by atoms with Crippen LogP contribution in [0.2, 0.25) is 0 Å². The molecule has 74 valence electrons. The molecular weight excluding hydrogens is 168 g/mol. The number of nitrogens with one attached hydrogen (secondary N) is 2. The molecular formula is C8H16N4O. The molecule has 0 aliphatic rings. The zero-order valence-electron chi connectivity index (χ0n) is 8.22. The molecule has 0 fully saturated rings. The van der Waals surface area contributed by atoms with Crippen molar-refractivity contribution in [2.45, 2.75) is 6.92 Å². The summed E-state index contributed by atoms with van der Waals surface area (Å²) in [6.45, 7) is 2.50. The number of rotatable bonds is 4. The first kappa shape index (κ1) is 11.5. The Kier molecular flexibility index (Phi) is 4.58. The van der Waals surface area contributed by atoms with Crippen molar-refractivity contribution in [3.8, 4) is 0 Å². The van der Waals surface area contributed by atoms with Crippen LogP contribution in [-0.2, 0) is 4.79 Å². The van der Waals surface area contributed by atoms with E-state index in [-0.39, 0.29) is 11.6 Å². The number of nitrogens with two attached hydrogens (primary N) is 1. The van der Waals surface area contributed by atoms with Gasteiger partial charge in [-0.3, -0.25) is 4.79 Å². The first-order valence-electron chi connectivity index (χ1n) is 4.00. The van der Waals surface area contributed by atoms with Gasteiger partial charge in [0.2, 0.25) is 0 Å². The monoisotopic (exact) mass is 184 g/mol. The summed E-state index contributed by atoms with van der Waals surface area (Å²) in [4.78, 5) is 12.7. The van der Waals surface area contributed by atoms with E-state index in [1.165, 1.54) is 4.90 Å². The van der Waals surface area contributed by atoms with E-state index in [9.17, 15) is 4.79 Å². The third-order valence-electron chi connectivity index (χ3n) is 1.44. The maximum absolute atomic E-state index is 11.3. The summed E-state index contributed by atoms with van der Waals surface area (Å²) in [6.07, 6.45) is 1.04. The molecule has 0 atom stereocenters. The summed E-state index contributed by atoms with van der Waals surface area (Å²) in [6, 6.07) is 0. The lowest BCUT2D eigenvalue weighted by molar-refractivity contribution is -0.124. The minimum atomic E-state index is -0.292. The summed E-state index contributed by atoms with van der Waals surface area (Å²) < 4.78 is 0. The summed E-state index contributed by atoms with van der Waals surface area (Å²) in [5.41, 5.74) is 5.97. The van der Waals surface area contributed by atoms with Crippen molar-refractivity contribution in [2.75, 3.05) is 20.6 Å². The van der Waals surface area contributed by atoms with E-state index in [1.807, 2.05) is 6.92 Å². The van der Waals surface area contributed by atoms with Crippen molar-refractivity contribution in [3.63, 3.8) is 0 Å². The van der Waals surface area contributed by atoms with E-state index in [0.29, 0.717) is 12.2 Å². The van der Waals surface area contributed by atoms with Gasteiger partial charge in [0.25, 0.3) is 5.91 Å². The van der Waals surface area contributed by atoms with Crippen LogP contribution in [0.15, 0.2) is 11.4 Å². The molecule has 4 N–H and O–H groups in total. The molecule has 1 amide bonds. The van der Waals surface area contributed by atoms with Gasteiger partial charge >= 0.3 is 0 Å². The fourth-order valence-corrected chi connectivity index (χ4v) is 0.771. The molecule has 0 spiro atoms. The maximum Gasteiger partial charge on any atom is 0.271 e. The zero-order chi connectivity index (χ0) is 10.4. The normalized spacial score (nSPS) is 11.6. The number of likely N-dealkylation sites (N-methyl/N-ethyl adjacent to an activating group) is 1. The molecule has 0 radical (unpaired) electrons. The van der Waals surface area contributed by atoms with Crippen LogP contribution in [0.4, 0.5) is 0 Å². The third-order valence-corrected chi connectivity index (χ3v) is 1.44. The van der Waals surface area contributed by atoms with Crippen molar-refractivity contribution >= 4 is 12.1 Å². The lowest BCUT2D eigenvalue weighted by Crippen LogP contribution is -2.31. The molecule has 13 heavy (non-hydrogen) atoms. The summed E-state index contributed by atoms with van der Waals surface area (Å²) in [5.74, 6) is -0.292. The van der Waals surface area contributed by atoms with E-state index in [4.69, 9.17) is 11.1 Å². The highest BCUT2D eigenvalue weighted by Gasteiger charge is 2.11. The smallest absolute Gasteiger partial charge is 0.271 e. The number of hydrogen-bond acceptors (Lipinski definition) is 4. The molecule has 0 saturated heterocycles. The predicted molar refractivity (Wildman–Crippen MR) is 52.4 cm³/mol. The van der Waals surface area contributed by atoms with Crippen molar-refractivity contribution < 1.29 is 4.79 Å². The molecule has 5 nitrogen and oxygen atoms in total.